The zero-order valence-electron chi connectivity index (χ0n) is 15.0. The quantitative estimate of drug-likeness (QED) is 0.141. The highest BCUT2D eigenvalue weighted by atomic mass is 32.5. The topological polar surface area (TPSA) is 60.7 Å². The first-order valence-electron chi connectivity index (χ1n) is 9.43. The average molecular weight is 366 g/mol. The van der Waals surface area contributed by atoms with E-state index in [2.05, 4.69) is 19.1 Å². The highest BCUT2D eigenvalue weighted by molar-refractivity contribution is 8.16. The van der Waals surface area contributed by atoms with Gasteiger partial charge in [0.1, 0.15) is 0 Å². The Balaban J connectivity index is 3.17. The standard InChI is InChI=1S/C18H38O3PS/c1-2-3-4-5-6-7-8-9-10-11-12-13-14-15-16-17-18-23-22(19,20)21/h9-10,19-21H,2-8,11-18H2,1H3/q+1/b10-9-. The van der Waals surface area contributed by atoms with Crippen molar-refractivity contribution in [3.8, 4) is 0 Å². The van der Waals surface area contributed by atoms with Gasteiger partial charge in [-0.25, -0.2) is 0 Å². The second-order valence-corrected chi connectivity index (χ2v) is 10.2. The van der Waals surface area contributed by atoms with E-state index >= 15 is 0 Å². The van der Waals surface area contributed by atoms with Crippen LogP contribution in [0.15, 0.2) is 12.2 Å². The van der Waals surface area contributed by atoms with Gasteiger partial charge in [0.2, 0.25) is 10.9 Å². The summed E-state index contributed by atoms with van der Waals surface area (Å²) >= 11 is 0. The summed E-state index contributed by atoms with van der Waals surface area (Å²) in [6.45, 7) is -1.34. The summed E-state index contributed by atoms with van der Waals surface area (Å²) in [5.41, 5.74) is 0. The van der Waals surface area contributed by atoms with Gasteiger partial charge >= 0.3 is 6.72 Å². The van der Waals surface area contributed by atoms with E-state index in [0.29, 0.717) is 5.75 Å². The van der Waals surface area contributed by atoms with Crippen molar-refractivity contribution in [3.05, 3.63) is 12.2 Å². The molecule has 3 N–H and O–H groups in total. The van der Waals surface area contributed by atoms with Crippen molar-refractivity contribution in [2.24, 2.45) is 0 Å². The Morgan fingerprint density at radius 2 is 1.09 bits per heavy atom. The van der Waals surface area contributed by atoms with E-state index in [1.807, 2.05) is 0 Å². The molecule has 3 nitrogen and oxygen atoms in total. The third kappa shape index (κ3) is 22.3. The molecule has 0 aliphatic rings. The molecule has 0 aromatic rings. The Bertz CT molecular complexity index is 318. The van der Waals surface area contributed by atoms with Gasteiger partial charge in [-0.05, 0) is 32.1 Å². The van der Waals surface area contributed by atoms with Crippen LogP contribution in [0.3, 0.4) is 0 Å². The first kappa shape index (κ1) is 23.3. The molecule has 0 saturated heterocycles. The molecule has 0 amide bonds. The predicted octanol–water partition coefficient (Wildman–Crippen LogP) is 5.76. The molecular formula is C18H38O3PS+. The Hall–Kier alpha value is 0.270. The van der Waals surface area contributed by atoms with Crippen LogP contribution in [-0.2, 0) is 10.9 Å². The van der Waals surface area contributed by atoms with E-state index in [1.54, 1.807) is 0 Å². The van der Waals surface area contributed by atoms with Crippen molar-refractivity contribution >= 4 is 17.7 Å². The first-order chi connectivity index (χ1) is 11.1. The maximum atomic E-state index is 8.82. The fourth-order valence-electron chi connectivity index (χ4n) is 2.54. The molecular weight excluding hydrogens is 327 g/mol. The normalized spacial score (nSPS) is 12.2. The van der Waals surface area contributed by atoms with Crippen LogP contribution < -0.4 is 0 Å². The number of unbranched alkanes of at least 4 members (excludes halogenated alkanes) is 12. The third-order valence-electron chi connectivity index (χ3n) is 3.92. The van der Waals surface area contributed by atoms with Crippen LogP contribution >= 0.6 is 6.72 Å². The molecule has 0 radical (unpaired) electrons. The fraction of sp³-hybridized carbons (Fsp3) is 0.889. The molecule has 0 unspecified atom stereocenters. The summed E-state index contributed by atoms with van der Waals surface area (Å²) in [4.78, 5) is 26.5. The SMILES string of the molecule is CCCCCCCC/C=C\CCCCCCCC[S+]=P(O)(O)O. The Morgan fingerprint density at radius 3 is 1.57 bits per heavy atom. The summed E-state index contributed by atoms with van der Waals surface area (Å²) in [6.07, 6.45) is 22.5. The van der Waals surface area contributed by atoms with E-state index in [0.717, 1.165) is 23.8 Å². The van der Waals surface area contributed by atoms with Gasteiger partial charge in [0.05, 0.1) is 0 Å². The third-order valence-corrected chi connectivity index (χ3v) is 6.33. The van der Waals surface area contributed by atoms with Crippen molar-refractivity contribution in [1.82, 2.24) is 0 Å². The molecule has 23 heavy (non-hydrogen) atoms. The molecule has 0 fully saturated rings. The molecule has 0 heterocycles. The first-order valence-corrected chi connectivity index (χ1v) is 12.7. The summed E-state index contributed by atoms with van der Waals surface area (Å²) in [5, 5.41) is 0. The lowest BCUT2D eigenvalue weighted by atomic mass is 10.1. The average Bonchev–Trinajstić information content (AvgIpc) is 2.49. The zero-order chi connectivity index (χ0) is 17.2. The summed E-state index contributed by atoms with van der Waals surface area (Å²) in [6, 6.07) is 0. The van der Waals surface area contributed by atoms with E-state index < -0.39 is 6.72 Å². The van der Waals surface area contributed by atoms with E-state index in [1.165, 1.54) is 77.0 Å². The Kier molecular flexibility index (Phi) is 17.3. The minimum Gasteiger partial charge on any atom is -0.290 e. The van der Waals surface area contributed by atoms with Crippen molar-refractivity contribution < 1.29 is 14.7 Å². The number of rotatable bonds is 16. The summed E-state index contributed by atoms with van der Waals surface area (Å²) in [5.74, 6) is 0.637. The van der Waals surface area contributed by atoms with Crippen LogP contribution in [-0.4, -0.2) is 20.4 Å². The minimum absolute atomic E-state index is 0.637. The number of allylic oxidation sites excluding steroid dienone is 2. The Labute approximate surface area is 147 Å². The molecule has 0 atom stereocenters. The van der Waals surface area contributed by atoms with Crippen LogP contribution in [0.1, 0.15) is 96.8 Å². The largest absolute Gasteiger partial charge is 0.515 e. The van der Waals surface area contributed by atoms with Gasteiger partial charge in [0.15, 0.2) is 5.75 Å². The van der Waals surface area contributed by atoms with Crippen molar-refractivity contribution in [3.63, 3.8) is 0 Å². The van der Waals surface area contributed by atoms with Gasteiger partial charge in [0, 0.05) is 6.42 Å². The van der Waals surface area contributed by atoms with Crippen LogP contribution in [0.4, 0.5) is 0 Å². The molecule has 0 spiro atoms. The van der Waals surface area contributed by atoms with Crippen LogP contribution in [0.2, 0.25) is 0 Å². The van der Waals surface area contributed by atoms with Gasteiger partial charge in [-0.2, -0.15) is 0 Å². The second kappa shape index (κ2) is 17.1. The molecule has 5 heteroatoms. The van der Waals surface area contributed by atoms with Crippen LogP contribution in [0.25, 0.3) is 0 Å². The van der Waals surface area contributed by atoms with E-state index in [4.69, 9.17) is 14.7 Å². The van der Waals surface area contributed by atoms with Gasteiger partial charge in [0.25, 0.3) is 0 Å². The van der Waals surface area contributed by atoms with E-state index in [9.17, 15) is 0 Å². The minimum atomic E-state index is -3.60. The van der Waals surface area contributed by atoms with Gasteiger partial charge in [-0.15, -0.1) is 0 Å². The zero-order valence-corrected chi connectivity index (χ0v) is 16.7. The van der Waals surface area contributed by atoms with Crippen molar-refractivity contribution in [1.29, 1.82) is 0 Å². The van der Waals surface area contributed by atoms with Gasteiger partial charge in [-0.3, -0.25) is 14.7 Å². The maximum Gasteiger partial charge on any atom is 0.515 e. The molecule has 0 aromatic heterocycles. The molecule has 0 aromatic carbocycles. The summed E-state index contributed by atoms with van der Waals surface area (Å²) < 4.78 is 0. The predicted molar refractivity (Wildman–Crippen MR) is 105 cm³/mol. The van der Waals surface area contributed by atoms with Crippen LogP contribution in [0.5, 0.6) is 0 Å². The molecule has 0 rings (SSSR count). The van der Waals surface area contributed by atoms with E-state index in [-0.39, 0.29) is 0 Å². The van der Waals surface area contributed by atoms with Crippen molar-refractivity contribution in [2.45, 2.75) is 96.8 Å². The highest BCUT2D eigenvalue weighted by Crippen LogP contribution is 2.31. The maximum absolute atomic E-state index is 8.82. The van der Waals surface area contributed by atoms with Gasteiger partial charge in [-0.1, -0.05) is 70.4 Å². The lowest BCUT2D eigenvalue weighted by Gasteiger charge is -1.99. The monoisotopic (exact) mass is 365 g/mol. The molecule has 0 aliphatic heterocycles. The Morgan fingerprint density at radius 1 is 0.652 bits per heavy atom. The number of hydrogen-bond donors (Lipinski definition) is 3. The second-order valence-electron chi connectivity index (χ2n) is 6.28. The van der Waals surface area contributed by atoms with Crippen molar-refractivity contribution in [2.75, 3.05) is 5.75 Å². The van der Waals surface area contributed by atoms with Crippen LogP contribution in [0, 0.1) is 0 Å². The fourth-order valence-corrected chi connectivity index (χ4v) is 4.24. The lowest BCUT2D eigenvalue weighted by Crippen LogP contribution is -1.87. The highest BCUT2D eigenvalue weighted by Gasteiger charge is 2.17. The number of hydrogen-bond acceptors (Lipinski definition) is 0. The molecule has 0 bridgehead atoms. The molecule has 0 aliphatic carbocycles. The summed E-state index contributed by atoms with van der Waals surface area (Å²) in [7, 11) is 0.889. The molecule has 138 valence electrons. The lowest BCUT2D eigenvalue weighted by molar-refractivity contribution is 0.363. The van der Waals surface area contributed by atoms with Gasteiger partial charge < -0.3 is 0 Å². The smallest absolute Gasteiger partial charge is 0.290 e. The molecule has 0 saturated carbocycles.